The molecule has 2 rings (SSSR count). The standard InChI is InChI=1S/C16H19NO3S2/c1-12(13-4-6-14(20-2)7-5-13)17-22(18,19)16-10-8-15(21-3)9-11-16/h4-12,17H,1-3H3/t12-/m0/s1. The monoisotopic (exact) mass is 337 g/mol. The van der Waals surface area contributed by atoms with Crippen molar-refractivity contribution >= 4 is 21.8 Å². The van der Waals surface area contributed by atoms with E-state index in [2.05, 4.69) is 4.72 Å². The van der Waals surface area contributed by atoms with Crippen LogP contribution >= 0.6 is 11.8 Å². The van der Waals surface area contributed by atoms with Crippen molar-refractivity contribution in [3.63, 3.8) is 0 Å². The maximum absolute atomic E-state index is 12.4. The van der Waals surface area contributed by atoms with Crippen molar-refractivity contribution in [1.82, 2.24) is 4.72 Å². The van der Waals surface area contributed by atoms with Crippen molar-refractivity contribution in [2.75, 3.05) is 13.4 Å². The van der Waals surface area contributed by atoms with Crippen LogP contribution in [0, 0.1) is 0 Å². The first-order valence-corrected chi connectivity index (χ1v) is 9.47. The van der Waals surface area contributed by atoms with Gasteiger partial charge in [0.05, 0.1) is 12.0 Å². The predicted octanol–water partition coefficient (Wildman–Crippen LogP) is 3.46. The van der Waals surface area contributed by atoms with Gasteiger partial charge in [-0.3, -0.25) is 0 Å². The summed E-state index contributed by atoms with van der Waals surface area (Å²) < 4.78 is 32.6. The van der Waals surface area contributed by atoms with Gasteiger partial charge in [0.1, 0.15) is 5.75 Å². The number of hydrogen-bond acceptors (Lipinski definition) is 4. The average molecular weight is 337 g/mol. The van der Waals surface area contributed by atoms with Gasteiger partial charge in [-0.15, -0.1) is 11.8 Å². The molecule has 22 heavy (non-hydrogen) atoms. The molecule has 2 aromatic carbocycles. The Kier molecular flexibility index (Phi) is 5.50. The molecule has 118 valence electrons. The molecule has 2 aromatic rings. The highest BCUT2D eigenvalue weighted by Gasteiger charge is 2.18. The molecule has 0 aliphatic rings. The van der Waals surface area contributed by atoms with Crippen molar-refractivity contribution in [2.45, 2.75) is 22.8 Å². The molecule has 1 atom stereocenters. The first-order valence-electron chi connectivity index (χ1n) is 6.76. The number of ether oxygens (including phenoxy) is 1. The molecule has 0 unspecified atom stereocenters. The number of methoxy groups -OCH3 is 1. The largest absolute Gasteiger partial charge is 0.497 e. The molecule has 0 heterocycles. The summed E-state index contributed by atoms with van der Waals surface area (Å²) >= 11 is 1.58. The first-order chi connectivity index (χ1) is 10.5. The van der Waals surface area contributed by atoms with Crippen LogP contribution in [0.25, 0.3) is 0 Å². The van der Waals surface area contributed by atoms with E-state index in [4.69, 9.17) is 4.74 Å². The number of nitrogens with one attached hydrogen (secondary N) is 1. The predicted molar refractivity (Wildman–Crippen MR) is 90.0 cm³/mol. The molecule has 0 aliphatic heterocycles. The van der Waals surface area contributed by atoms with E-state index in [0.717, 1.165) is 16.2 Å². The Morgan fingerprint density at radius 2 is 1.64 bits per heavy atom. The fraction of sp³-hybridized carbons (Fsp3) is 0.250. The second-order valence-corrected chi connectivity index (χ2v) is 7.39. The highest BCUT2D eigenvalue weighted by molar-refractivity contribution is 7.98. The maximum Gasteiger partial charge on any atom is 0.241 e. The number of benzene rings is 2. The van der Waals surface area contributed by atoms with E-state index in [-0.39, 0.29) is 10.9 Å². The Morgan fingerprint density at radius 3 is 2.14 bits per heavy atom. The lowest BCUT2D eigenvalue weighted by Crippen LogP contribution is -2.26. The third kappa shape index (κ3) is 4.03. The zero-order valence-corrected chi connectivity index (χ0v) is 14.4. The molecular formula is C16H19NO3S2. The lowest BCUT2D eigenvalue weighted by Gasteiger charge is -2.15. The van der Waals surface area contributed by atoms with E-state index in [9.17, 15) is 8.42 Å². The van der Waals surface area contributed by atoms with E-state index >= 15 is 0 Å². The highest BCUT2D eigenvalue weighted by atomic mass is 32.2. The van der Waals surface area contributed by atoms with Gasteiger partial charge >= 0.3 is 0 Å². The molecular weight excluding hydrogens is 318 g/mol. The van der Waals surface area contributed by atoms with Gasteiger partial charge in [-0.05, 0) is 55.1 Å². The summed E-state index contributed by atoms with van der Waals surface area (Å²) in [7, 11) is -1.94. The smallest absolute Gasteiger partial charge is 0.241 e. The first kappa shape index (κ1) is 16.9. The van der Waals surface area contributed by atoms with Crippen LogP contribution in [-0.2, 0) is 10.0 Å². The van der Waals surface area contributed by atoms with Gasteiger partial charge in [-0.25, -0.2) is 13.1 Å². The van der Waals surface area contributed by atoms with Crippen LogP contribution < -0.4 is 9.46 Å². The van der Waals surface area contributed by atoms with Crippen LogP contribution in [0.2, 0.25) is 0 Å². The average Bonchev–Trinajstić information content (AvgIpc) is 2.54. The minimum absolute atomic E-state index is 0.269. The molecule has 0 aromatic heterocycles. The molecule has 1 N–H and O–H groups in total. The van der Waals surface area contributed by atoms with Crippen molar-refractivity contribution in [3.05, 3.63) is 54.1 Å². The Labute approximate surface area is 135 Å². The lowest BCUT2D eigenvalue weighted by molar-refractivity contribution is 0.414. The van der Waals surface area contributed by atoms with E-state index in [0.29, 0.717) is 0 Å². The molecule has 0 saturated carbocycles. The summed E-state index contributed by atoms with van der Waals surface area (Å²) in [4.78, 5) is 1.30. The summed E-state index contributed by atoms with van der Waals surface area (Å²) in [6.45, 7) is 1.82. The van der Waals surface area contributed by atoms with Crippen LogP contribution in [0.1, 0.15) is 18.5 Å². The van der Waals surface area contributed by atoms with Crippen LogP contribution in [0.15, 0.2) is 58.3 Å². The minimum atomic E-state index is -3.54. The second-order valence-electron chi connectivity index (χ2n) is 4.79. The zero-order valence-electron chi connectivity index (χ0n) is 12.7. The number of rotatable bonds is 6. The third-order valence-corrected chi connectivity index (χ3v) is 5.62. The van der Waals surface area contributed by atoms with Gasteiger partial charge in [0.15, 0.2) is 0 Å². The third-order valence-electron chi connectivity index (χ3n) is 3.32. The molecule has 0 saturated heterocycles. The summed E-state index contributed by atoms with van der Waals surface area (Å²) in [6, 6.07) is 13.8. The van der Waals surface area contributed by atoms with Crippen LogP contribution in [0.4, 0.5) is 0 Å². The molecule has 0 aliphatic carbocycles. The van der Waals surface area contributed by atoms with Crippen LogP contribution in [-0.4, -0.2) is 21.8 Å². The van der Waals surface area contributed by atoms with Crippen molar-refractivity contribution in [1.29, 1.82) is 0 Å². The molecule has 0 spiro atoms. The number of hydrogen-bond donors (Lipinski definition) is 1. The lowest BCUT2D eigenvalue weighted by atomic mass is 10.1. The van der Waals surface area contributed by atoms with E-state index in [1.165, 1.54) is 0 Å². The van der Waals surface area contributed by atoms with Gasteiger partial charge in [0.2, 0.25) is 10.0 Å². The molecule has 0 radical (unpaired) electrons. The van der Waals surface area contributed by atoms with Crippen molar-refractivity contribution < 1.29 is 13.2 Å². The number of sulfonamides is 1. The van der Waals surface area contributed by atoms with E-state index in [1.54, 1.807) is 43.1 Å². The van der Waals surface area contributed by atoms with Gasteiger partial charge in [-0.2, -0.15) is 0 Å². The fourth-order valence-corrected chi connectivity index (χ4v) is 3.66. The highest BCUT2D eigenvalue weighted by Crippen LogP contribution is 2.21. The summed E-state index contributed by atoms with van der Waals surface area (Å²) in [5.74, 6) is 0.742. The van der Waals surface area contributed by atoms with E-state index < -0.39 is 10.0 Å². The summed E-state index contributed by atoms with van der Waals surface area (Å²) in [5, 5.41) is 0. The topological polar surface area (TPSA) is 55.4 Å². The summed E-state index contributed by atoms with van der Waals surface area (Å²) in [6.07, 6.45) is 1.95. The normalized spacial score (nSPS) is 12.9. The Hall–Kier alpha value is -1.50. The van der Waals surface area contributed by atoms with Crippen molar-refractivity contribution in [2.24, 2.45) is 0 Å². The molecule has 0 amide bonds. The van der Waals surface area contributed by atoms with Crippen molar-refractivity contribution in [3.8, 4) is 5.75 Å². The number of thioether (sulfide) groups is 1. The SMILES string of the molecule is COc1ccc([C@H](C)NS(=O)(=O)c2ccc(SC)cc2)cc1. The Bertz CT molecular complexity index is 710. The van der Waals surface area contributed by atoms with Crippen LogP contribution in [0.3, 0.4) is 0 Å². The maximum atomic E-state index is 12.4. The van der Waals surface area contributed by atoms with Crippen LogP contribution in [0.5, 0.6) is 5.75 Å². The van der Waals surface area contributed by atoms with Gasteiger partial charge in [-0.1, -0.05) is 12.1 Å². The Balaban J connectivity index is 2.15. The van der Waals surface area contributed by atoms with Gasteiger partial charge < -0.3 is 4.74 Å². The van der Waals surface area contributed by atoms with Gasteiger partial charge in [0, 0.05) is 10.9 Å². The zero-order chi connectivity index (χ0) is 16.2. The summed E-state index contributed by atoms with van der Waals surface area (Å²) in [5.41, 5.74) is 0.880. The second kappa shape index (κ2) is 7.17. The molecule has 6 heteroatoms. The van der Waals surface area contributed by atoms with Gasteiger partial charge in [0.25, 0.3) is 0 Å². The minimum Gasteiger partial charge on any atom is -0.497 e. The van der Waals surface area contributed by atoms with E-state index in [1.807, 2.05) is 37.4 Å². The molecule has 0 bridgehead atoms. The molecule has 4 nitrogen and oxygen atoms in total. The Morgan fingerprint density at radius 1 is 1.05 bits per heavy atom. The molecule has 0 fully saturated rings. The fourth-order valence-electron chi connectivity index (χ4n) is 2.02. The quantitative estimate of drug-likeness (QED) is 0.820.